The topological polar surface area (TPSA) is 17.1 Å². The first-order valence-corrected chi connectivity index (χ1v) is 6.25. The molecule has 0 spiro atoms. The van der Waals surface area contributed by atoms with Gasteiger partial charge < -0.3 is 0 Å². The second kappa shape index (κ2) is 5.62. The molecular formula is C16H17O. The summed E-state index contributed by atoms with van der Waals surface area (Å²) in [5, 5.41) is 2.22. The van der Waals surface area contributed by atoms with Gasteiger partial charge in [0.2, 0.25) is 6.29 Å². The van der Waals surface area contributed by atoms with Crippen molar-refractivity contribution in [1.82, 2.24) is 0 Å². The van der Waals surface area contributed by atoms with E-state index >= 15 is 0 Å². The predicted molar refractivity (Wildman–Crippen MR) is 72.0 cm³/mol. The first kappa shape index (κ1) is 11.8. The number of aryl methyl sites for hydroxylation is 1. The molecule has 2 aromatic rings. The zero-order valence-electron chi connectivity index (χ0n) is 10.2. The van der Waals surface area contributed by atoms with Crippen molar-refractivity contribution in [3.8, 4) is 0 Å². The maximum Gasteiger partial charge on any atom is 0.234 e. The SMILES string of the molecule is CCCCCc1cccc2c([C]=O)cccc12. The Morgan fingerprint density at radius 1 is 1.00 bits per heavy atom. The first-order valence-electron chi connectivity index (χ1n) is 6.25. The number of benzene rings is 2. The summed E-state index contributed by atoms with van der Waals surface area (Å²) >= 11 is 0. The fourth-order valence-corrected chi connectivity index (χ4v) is 2.25. The third-order valence-electron chi connectivity index (χ3n) is 3.17. The van der Waals surface area contributed by atoms with Gasteiger partial charge in [-0.2, -0.15) is 0 Å². The molecule has 2 aromatic carbocycles. The molecule has 0 bridgehead atoms. The highest BCUT2D eigenvalue weighted by molar-refractivity contribution is 5.99. The van der Waals surface area contributed by atoms with Crippen LogP contribution in [0.4, 0.5) is 0 Å². The molecule has 87 valence electrons. The molecule has 0 unspecified atom stereocenters. The van der Waals surface area contributed by atoms with E-state index in [-0.39, 0.29) is 0 Å². The molecule has 0 fully saturated rings. The van der Waals surface area contributed by atoms with Crippen LogP contribution in [-0.4, -0.2) is 6.29 Å². The highest BCUT2D eigenvalue weighted by atomic mass is 16.1. The Morgan fingerprint density at radius 2 is 1.76 bits per heavy atom. The lowest BCUT2D eigenvalue weighted by Gasteiger charge is -2.07. The van der Waals surface area contributed by atoms with Gasteiger partial charge in [-0.1, -0.05) is 56.2 Å². The van der Waals surface area contributed by atoms with E-state index in [0.717, 1.165) is 11.8 Å². The van der Waals surface area contributed by atoms with Gasteiger partial charge in [0.1, 0.15) is 0 Å². The van der Waals surface area contributed by atoms with Crippen LogP contribution in [0.3, 0.4) is 0 Å². The highest BCUT2D eigenvalue weighted by Gasteiger charge is 2.04. The molecule has 0 saturated heterocycles. The van der Waals surface area contributed by atoms with E-state index in [1.807, 2.05) is 30.6 Å². The Bertz CT molecular complexity index is 514. The maximum atomic E-state index is 10.9. The standard InChI is InChI=1S/C16H17O/c1-2-3-4-7-13-8-5-11-16-14(12-17)9-6-10-15(13)16/h5-6,8-11H,2-4,7H2,1H3. The maximum absolute atomic E-state index is 10.9. The Balaban J connectivity index is 2.39. The summed E-state index contributed by atoms with van der Waals surface area (Å²) < 4.78 is 0. The van der Waals surface area contributed by atoms with Crippen molar-refractivity contribution in [2.45, 2.75) is 32.6 Å². The molecule has 2 rings (SSSR count). The minimum atomic E-state index is 0.667. The molecular weight excluding hydrogens is 208 g/mol. The van der Waals surface area contributed by atoms with Gasteiger partial charge in [0.05, 0.1) is 0 Å². The van der Waals surface area contributed by atoms with Crippen LogP contribution in [0.5, 0.6) is 0 Å². The number of unbranched alkanes of at least 4 members (excludes halogenated alkanes) is 2. The van der Waals surface area contributed by atoms with Gasteiger partial charge in [0.15, 0.2) is 0 Å². The molecule has 0 saturated carbocycles. The van der Waals surface area contributed by atoms with Gasteiger partial charge in [0.25, 0.3) is 0 Å². The lowest BCUT2D eigenvalue weighted by Crippen LogP contribution is -1.90. The lowest BCUT2D eigenvalue weighted by atomic mass is 9.97. The van der Waals surface area contributed by atoms with Crippen LogP contribution in [0, 0.1) is 0 Å². The van der Waals surface area contributed by atoms with E-state index in [0.29, 0.717) is 5.56 Å². The second-order valence-corrected chi connectivity index (χ2v) is 4.38. The summed E-state index contributed by atoms with van der Waals surface area (Å²) in [6.07, 6.45) is 6.81. The van der Waals surface area contributed by atoms with E-state index in [1.54, 1.807) is 0 Å². The second-order valence-electron chi connectivity index (χ2n) is 4.38. The van der Waals surface area contributed by atoms with Crippen LogP contribution in [0.15, 0.2) is 36.4 Å². The van der Waals surface area contributed by atoms with Crippen molar-refractivity contribution >= 4 is 17.1 Å². The Morgan fingerprint density at radius 3 is 2.53 bits per heavy atom. The molecule has 0 aliphatic rings. The number of fused-ring (bicyclic) bond motifs is 1. The largest absolute Gasteiger partial charge is 0.285 e. The molecule has 1 heteroatoms. The minimum absolute atomic E-state index is 0.667. The molecule has 0 aromatic heterocycles. The van der Waals surface area contributed by atoms with Crippen molar-refractivity contribution in [1.29, 1.82) is 0 Å². The van der Waals surface area contributed by atoms with Gasteiger partial charge in [-0.3, -0.25) is 4.79 Å². The van der Waals surface area contributed by atoms with Gasteiger partial charge in [-0.05, 0) is 29.2 Å². The monoisotopic (exact) mass is 225 g/mol. The minimum Gasteiger partial charge on any atom is -0.285 e. The summed E-state index contributed by atoms with van der Waals surface area (Å²) in [7, 11) is 0. The molecule has 0 atom stereocenters. The molecule has 0 heterocycles. The van der Waals surface area contributed by atoms with Gasteiger partial charge in [-0.15, -0.1) is 0 Å². The van der Waals surface area contributed by atoms with E-state index in [4.69, 9.17) is 0 Å². The zero-order valence-corrected chi connectivity index (χ0v) is 10.2. The zero-order chi connectivity index (χ0) is 12.1. The number of carbonyl (C=O) groups excluding carboxylic acids is 1. The quantitative estimate of drug-likeness (QED) is 0.702. The Labute approximate surface area is 102 Å². The highest BCUT2D eigenvalue weighted by Crippen LogP contribution is 2.23. The molecule has 0 N–H and O–H groups in total. The normalized spacial score (nSPS) is 10.6. The Kier molecular flexibility index (Phi) is 3.92. The van der Waals surface area contributed by atoms with Crippen LogP contribution in [0.25, 0.3) is 10.8 Å². The summed E-state index contributed by atoms with van der Waals surface area (Å²) in [6.45, 7) is 2.21. The fourth-order valence-electron chi connectivity index (χ4n) is 2.25. The van der Waals surface area contributed by atoms with Crippen molar-refractivity contribution in [2.24, 2.45) is 0 Å². The smallest absolute Gasteiger partial charge is 0.234 e. The van der Waals surface area contributed by atoms with E-state index in [9.17, 15) is 4.79 Å². The van der Waals surface area contributed by atoms with E-state index < -0.39 is 0 Å². The summed E-state index contributed by atoms with van der Waals surface area (Å²) in [4.78, 5) is 10.9. The lowest BCUT2D eigenvalue weighted by molar-refractivity contribution is 0.563. The van der Waals surface area contributed by atoms with Gasteiger partial charge >= 0.3 is 0 Å². The van der Waals surface area contributed by atoms with Gasteiger partial charge in [0, 0.05) is 5.56 Å². The summed E-state index contributed by atoms with van der Waals surface area (Å²) in [5.74, 6) is 0. The molecule has 0 amide bonds. The van der Waals surface area contributed by atoms with Crippen LogP contribution in [0.2, 0.25) is 0 Å². The Hall–Kier alpha value is -1.63. The van der Waals surface area contributed by atoms with Crippen molar-refractivity contribution in [3.63, 3.8) is 0 Å². The summed E-state index contributed by atoms with van der Waals surface area (Å²) in [5.41, 5.74) is 2.01. The third kappa shape index (κ3) is 2.55. The third-order valence-corrected chi connectivity index (χ3v) is 3.17. The molecule has 1 nitrogen and oxygen atoms in total. The van der Waals surface area contributed by atoms with Gasteiger partial charge in [-0.25, -0.2) is 0 Å². The fraction of sp³-hybridized carbons (Fsp3) is 0.312. The van der Waals surface area contributed by atoms with Crippen molar-refractivity contribution < 1.29 is 4.79 Å². The van der Waals surface area contributed by atoms with E-state index in [2.05, 4.69) is 19.1 Å². The average molecular weight is 225 g/mol. The van der Waals surface area contributed by atoms with Crippen LogP contribution < -0.4 is 0 Å². The molecule has 17 heavy (non-hydrogen) atoms. The molecule has 0 aliphatic heterocycles. The van der Waals surface area contributed by atoms with E-state index in [1.165, 1.54) is 30.2 Å². The first-order chi connectivity index (χ1) is 8.36. The number of hydrogen-bond donors (Lipinski definition) is 0. The van der Waals surface area contributed by atoms with Crippen molar-refractivity contribution in [3.05, 3.63) is 47.5 Å². The summed E-state index contributed by atoms with van der Waals surface area (Å²) in [6, 6.07) is 12.0. The predicted octanol–water partition coefficient (Wildman–Crippen LogP) is 4.03. The van der Waals surface area contributed by atoms with Crippen LogP contribution in [0.1, 0.15) is 37.3 Å². The molecule has 1 radical (unpaired) electrons. The average Bonchev–Trinajstić information content (AvgIpc) is 2.38. The van der Waals surface area contributed by atoms with Crippen molar-refractivity contribution in [2.75, 3.05) is 0 Å². The number of hydrogen-bond acceptors (Lipinski definition) is 1. The number of rotatable bonds is 5. The molecule has 0 aliphatic carbocycles. The van der Waals surface area contributed by atoms with Crippen LogP contribution in [-0.2, 0) is 11.2 Å². The van der Waals surface area contributed by atoms with Crippen LogP contribution >= 0.6 is 0 Å².